The largest absolute Gasteiger partial charge is 0.391 e. The lowest BCUT2D eigenvalue weighted by Gasteiger charge is -2.04. The van der Waals surface area contributed by atoms with Gasteiger partial charge in [-0.3, -0.25) is 10.1 Å². The van der Waals surface area contributed by atoms with Crippen LogP contribution in [-0.2, 0) is 0 Å². The molecule has 0 saturated carbocycles. The summed E-state index contributed by atoms with van der Waals surface area (Å²) in [5.41, 5.74) is 6.68. The van der Waals surface area contributed by atoms with Gasteiger partial charge in [-0.25, -0.2) is 0 Å². The predicted molar refractivity (Wildman–Crippen MR) is 69.8 cm³/mol. The van der Waals surface area contributed by atoms with E-state index < -0.39 is 4.92 Å². The van der Waals surface area contributed by atoms with E-state index in [1.165, 1.54) is 0 Å². The maximum Gasteiger partial charge on any atom is 0.350 e. The van der Waals surface area contributed by atoms with Crippen LogP contribution < -0.4 is 11.1 Å². The Balaban J connectivity index is 2.45. The Labute approximate surface area is 106 Å². The van der Waals surface area contributed by atoms with Crippen molar-refractivity contribution < 1.29 is 4.92 Å². The van der Waals surface area contributed by atoms with Crippen LogP contribution in [0.2, 0.25) is 0 Å². The van der Waals surface area contributed by atoms with Crippen molar-refractivity contribution >= 4 is 33.4 Å². The Bertz CT molecular complexity index is 630. The minimum absolute atomic E-state index is 0.00889. The van der Waals surface area contributed by atoms with E-state index in [2.05, 4.69) is 5.32 Å². The van der Waals surface area contributed by atoms with E-state index in [0.29, 0.717) is 11.4 Å². The molecule has 0 unspecified atom stereocenters. The van der Waals surface area contributed by atoms with Crippen LogP contribution in [0.25, 0.3) is 0 Å². The molecule has 0 aliphatic rings. The Morgan fingerprint density at radius 1 is 1.39 bits per heavy atom. The molecule has 1 heterocycles. The van der Waals surface area contributed by atoms with Crippen LogP contribution in [0.1, 0.15) is 4.88 Å². The van der Waals surface area contributed by atoms with Gasteiger partial charge in [0.2, 0.25) is 0 Å². The predicted octanol–water partition coefficient (Wildman–Crippen LogP) is 2.85. The lowest BCUT2D eigenvalue weighted by molar-refractivity contribution is -0.379. The summed E-state index contributed by atoms with van der Waals surface area (Å²) in [4.78, 5) is 10.4. The molecule has 7 heteroatoms. The molecule has 3 N–H and O–H groups in total. The van der Waals surface area contributed by atoms with E-state index in [0.717, 1.165) is 11.3 Å². The van der Waals surface area contributed by atoms with Crippen molar-refractivity contribution in [3.63, 3.8) is 0 Å². The molecule has 6 nitrogen and oxygen atoms in total. The fraction of sp³-hybridized carbons (Fsp3) is 0. The average Bonchev–Trinajstić information content (AvgIpc) is 2.68. The van der Waals surface area contributed by atoms with Gasteiger partial charge in [-0.05, 0) is 23.5 Å². The number of hydrogen-bond donors (Lipinski definition) is 2. The summed E-state index contributed by atoms with van der Waals surface area (Å²) < 4.78 is 0. The molecule has 2 rings (SSSR count). The Kier molecular flexibility index (Phi) is 3.12. The Morgan fingerprint density at radius 3 is 2.61 bits per heavy atom. The highest BCUT2D eigenvalue weighted by molar-refractivity contribution is 7.17. The molecule has 90 valence electrons. The zero-order valence-corrected chi connectivity index (χ0v) is 9.90. The molecule has 0 bridgehead atoms. The molecule has 0 aliphatic heterocycles. The number of anilines is 3. The Morgan fingerprint density at radius 2 is 2.06 bits per heavy atom. The van der Waals surface area contributed by atoms with Gasteiger partial charge in [-0.1, -0.05) is 18.2 Å². The van der Waals surface area contributed by atoms with Crippen LogP contribution in [0.5, 0.6) is 0 Å². The van der Waals surface area contributed by atoms with Gasteiger partial charge in [-0.15, -0.1) is 0 Å². The molecule has 2 aromatic rings. The molecule has 0 radical (unpaired) electrons. The summed E-state index contributed by atoms with van der Waals surface area (Å²) >= 11 is 0.766. The number of para-hydroxylation sites is 1. The van der Waals surface area contributed by atoms with Crippen LogP contribution >= 0.6 is 11.3 Å². The van der Waals surface area contributed by atoms with E-state index in [-0.39, 0.29) is 15.6 Å². The van der Waals surface area contributed by atoms with Crippen molar-refractivity contribution in [3.8, 4) is 6.07 Å². The van der Waals surface area contributed by atoms with Crippen molar-refractivity contribution in [2.24, 2.45) is 0 Å². The van der Waals surface area contributed by atoms with Gasteiger partial charge in [0.05, 0.1) is 10.6 Å². The number of nitrogen functional groups attached to an aromatic ring is 1. The number of rotatable bonds is 3. The number of nitrogens with zero attached hydrogens (tertiary/aromatic N) is 2. The first-order valence-corrected chi connectivity index (χ1v) is 5.74. The zero-order valence-electron chi connectivity index (χ0n) is 9.08. The van der Waals surface area contributed by atoms with Gasteiger partial charge in [0.15, 0.2) is 0 Å². The molecular formula is C11H8N4O2S. The quantitative estimate of drug-likeness (QED) is 0.652. The molecule has 0 fully saturated rings. The maximum atomic E-state index is 10.8. The highest BCUT2D eigenvalue weighted by Gasteiger charge is 2.24. The molecule has 0 saturated heterocycles. The van der Waals surface area contributed by atoms with E-state index in [4.69, 9.17) is 11.0 Å². The summed E-state index contributed by atoms with van der Waals surface area (Å²) in [5.74, 6) is 0. The minimum atomic E-state index is -0.586. The standard InChI is InChI=1S/C11H8N4O2S/c12-6-8-10(9(13)11(18-8)15(16)17)14-7-4-2-1-3-5-7/h1-5,14H,13H2. The molecular weight excluding hydrogens is 252 g/mol. The molecule has 18 heavy (non-hydrogen) atoms. The van der Waals surface area contributed by atoms with E-state index >= 15 is 0 Å². The fourth-order valence-electron chi connectivity index (χ4n) is 1.44. The average molecular weight is 260 g/mol. The molecule has 1 aromatic heterocycles. The third-order valence-corrected chi connectivity index (χ3v) is 3.30. The van der Waals surface area contributed by atoms with Crippen LogP contribution in [-0.4, -0.2) is 4.92 Å². The summed E-state index contributed by atoms with van der Waals surface area (Å²) in [6.45, 7) is 0. The molecule has 0 atom stereocenters. The maximum absolute atomic E-state index is 10.8. The fourth-order valence-corrected chi connectivity index (χ4v) is 2.22. The second-order valence-corrected chi connectivity index (χ2v) is 4.38. The highest BCUT2D eigenvalue weighted by atomic mass is 32.1. The highest BCUT2D eigenvalue weighted by Crippen LogP contribution is 2.42. The second-order valence-electron chi connectivity index (χ2n) is 3.38. The van der Waals surface area contributed by atoms with Crippen molar-refractivity contribution in [2.75, 3.05) is 11.1 Å². The van der Waals surface area contributed by atoms with Crippen LogP contribution in [0.15, 0.2) is 30.3 Å². The van der Waals surface area contributed by atoms with Gasteiger partial charge in [0.25, 0.3) is 0 Å². The first-order chi connectivity index (χ1) is 8.63. The van der Waals surface area contributed by atoms with E-state index in [9.17, 15) is 10.1 Å². The van der Waals surface area contributed by atoms with Crippen molar-refractivity contribution in [2.45, 2.75) is 0 Å². The summed E-state index contributed by atoms with van der Waals surface area (Å²) in [6, 6.07) is 10.9. The van der Waals surface area contributed by atoms with Gasteiger partial charge in [0, 0.05) is 5.69 Å². The van der Waals surface area contributed by atoms with E-state index in [1.54, 1.807) is 12.1 Å². The zero-order chi connectivity index (χ0) is 13.1. The molecule has 1 aromatic carbocycles. The number of nitrogens with two attached hydrogens (primary N) is 1. The second kappa shape index (κ2) is 4.73. The van der Waals surface area contributed by atoms with Gasteiger partial charge < -0.3 is 11.1 Å². The normalized spacial score (nSPS) is 9.72. The summed E-state index contributed by atoms with van der Waals surface area (Å²) in [7, 11) is 0. The van der Waals surface area contributed by atoms with Crippen molar-refractivity contribution in [1.29, 1.82) is 5.26 Å². The SMILES string of the molecule is N#Cc1sc([N+](=O)[O-])c(N)c1Nc1ccccc1. The number of hydrogen-bond acceptors (Lipinski definition) is 6. The lowest BCUT2D eigenvalue weighted by atomic mass is 10.3. The molecule has 0 spiro atoms. The number of thiophene rings is 1. The number of benzene rings is 1. The van der Waals surface area contributed by atoms with Gasteiger partial charge in [-0.2, -0.15) is 5.26 Å². The first-order valence-electron chi connectivity index (χ1n) is 4.92. The van der Waals surface area contributed by atoms with Crippen molar-refractivity contribution in [1.82, 2.24) is 0 Å². The lowest BCUT2D eigenvalue weighted by Crippen LogP contribution is -1.96. The topological polar surface area (TPSA) is 105 Å². The number of nitrogens with one attached hydrogen (secondary N) is 1. The minimum Gasteiger partial charge on any atom is -0.391 e. The number of nitro groups is 1. The third-order valence-electron chi connectivity index (χ3n) is 2.24. The van der Waals surface area contributed by atoms with E-state index in [1.807, 2.05) is 24.3 Å². The third kappa shape index (κ3) is 2.09. The monoisotopic (exact) mass is 260 g/mol. The smallest absolute Gasteiger partial charge is 0.350 e. The number of nitriles is 1. The molecule has 0 aliphatic carbocycles. The molecule has 0 amide bonds. The van der Waals surface area contributed by atoms with Gasteiger partial charge in [0.1, 0.15) is 16.6 Å². The van der Waals surface area contributed by atoms with Crippen LogP contribution in [0, 0.1) is 21.4 Å². The summed E-state index contributed by atoms with van der Waals surface area (Å²) in [5, 5.41) is 22.4. The van der Waals surface area contributed by atoms with Crippen LogP contribution in [0.4, 0.5) is 22.1 Å². The van der Waals surface area contributed by atoms with Crippen LogP contribution in [0.3, 0.4) is 0 Å². The summed E-state index contributed by atoms with van der Waals surface area (Å²) in [6.07, 6.45) is 0. The Hall–Kier alpha value is -2.59. The first kappa shape index (κ1) is 11.9. The van der Waals surface area contributed by atoms with Gasteiger partial charge >= 0.3 is 5.00 Å². The van der Waals surface area contributed by atoms with Crippen molar-refractivity contribution in [3.05, 3.63) is 45.3 Å².